The summed E-state index contributed by atoms with van der Waals surface area (Å²) in [7, 11) is 3.04. The molecule has 0 radical (unpaired) electrons. The molecule has 0 spiro atoms. The monoisotopic (exact) mass is 416 g/mol. The molecule has 3 aromatic rings. The predicted octanol–water partition coefficient (Wildman–Crippen LogP) is 4.59. The fourth-order valence-electron chi connectivity index (χ4n) is 3.35. The van der Waals surface area contributed by atoms with Crippen molar-refractivity contribution in [2.24, 2.45) is 0 Å². The Labute approximate surface area is 156 Å². The molecule has 126 valence electrons. The van der Waals surface area contributed by atoms with Crippen molar-refractivity contribution in [3.63, 3.8) is 0 Å². The van der Waals surface area contributed by atoms with Gasteiger partial charge in [-0.25, -0.2) is 0 Å². The number of ketones is 2. The van der Waals surface area contributed by atoms with Gasteiger partial charge in [-0.1, -0.05) is 40.2 Å². The van der Waals surface area contributed by atoms with Crippen molar-refractivity contribution in [2.75, 3.05) is 14.2 Å². The van der Waals surface area contributed by atoms with E-state index in [0.717, 1.165) is 15.6 Å². The zero-order valence-corrected chi connectivity index (χ0v) is 15.9. The molecule has 0 amide bonds. The first-order valence-corrected chi connectivity index (χ1v) is 9.56. The molecule has 0 aliphatic heterocycles. The fraction of sp³-hybridized carbons (Fsp3) is 0.158. The Hall–Kier alpha value is -2.18. The van der Waals surface area contributed by atoms with Crippen molar-refractivity contribution in [2.45, 2.75) is 5.33 Å². The maximum atomic E-state index is 13.2. The largest absolute Gasteiger partial charge is 0.495 e. The van der Waals surface area contributed by atoms with Crippen LogP contribution in [0.1, 0.15) is 37.4 Å². The molecule has 0 saturated carbocycles. The summed E-state index contributed by atoms with van der Waals surface area (Å²) in [6.07, 6.45) is 0. The predicted molar refractivity (Wildman–Crippen MR) is 101 cm³/mol. The van der Waals surface area contributed by atoms with Crippen molar-refractivity contribution in [3.05, 3.63) is 57.5 Å². The molecule has 0 unspecified atom stereocenters. The number of carbonyl (C=O) groups excluding carboxylic acids is 2. The average Bonchev–Trinajstić information content (AvgIpc) is 3.07. The minimum atomic E-state index is -0.214. The van der Waals surface area contributed by atoms with Gasteiger partial charge in [-0.05, 0) is 10.9 Å². The smallest absolute Gasteiger partial charge is 0.198 e. The number of fused-ring (bicyclic) bond motifs is 3. The van der Waals surface area contributed by atoms with Crippen LogP contribution >= 0.6 is 27.3 Å². The molecular weight excluding hydrogens is 404 g/mol. The van der Waals surface area contributed by atoms with E-state index in [4.69, 9.17) is 9.47 Å². The Morgan fingerprint density at radius 3 is 2.04 bits per heavy atom. The van der Waals surface area contributed by atoms with Gasteiger partial charge in [0.05, 0.1) is 30.0 Å². The molecule has 0 atom stereocenters. The molecule has 2 aromatic carbocycles. The van der Waals surface area contributed by atoms with E-state index in [-0.39, 0.29) is 17.1 Å². The van der Waals surface area contributed by atoms with Gasteiger partial charge in [0.2, 0.25) is 0 Å². The molecule has 1 aliphatic carbocycles. The van der Waals surface area contributed by atoms with Crippen molar-refractivity contribution < 1.29 is 19.1 Å². The molecule has 0 fully saturated rings. The quantitative estimate of drug-likeness (QED) is 0.458. The maximum absolute atomic E-state index is 13.2. The highest BCUT2D eigenvalue weighted by molar-refractivity contribution is 9.08. The number of ether oxygens (including phenoxy) is 2. The zero-order valence-electron chi connectivity index (χ0n) is 13.5. The van der Waals surface area contributed by atoms with E-state index < -0.39 is 0 Å². The molecule has 1 aromatic heterocycles. The topological polar surface area (TPSA) is 52.6 Å². The van der Waals surface area contributed by atoms with E-state index in [2.05, 4.69) is 15.9 Å². The van der Waals surface area contributed by atoms with Crippen LogP contribution in [0.5, 0.6) is 11.5 Å². The SMILES string of the molecule is COc1c2c(c(OC)c3c(CBr)csc13)C(=O)c1ccccc1C2=O. The average molecular weight is 417 g/mol. The number of carbonyl (C=O) groups is 2. The van der Waals surface area contributed by atoms with E-state index >= 15 is 0 Å². The molecule has 4 nitrogen and oxygen atoms in total. The summed E-state index contributed by atoms with van der Waals surface area (Å²) in [5.74, 6) is 0.454. The van der Waals surface area contributed by atoms with Gasteiger partial charge in [0.1, 0.15) is 11.5 Å². The van der Waals surface area contributed by atoms with Gasteiger partial charge in [-0.15, -0.1) is 11.3 Å². The summed E-state index contributed by atoms with van der Waals surface area (Å²) >= 11 is 4.95. The standard InChI is InChI=1S/C19H13BrO4S/c1-23-17-12-9(7-20)8-25-19(12)18(24-2)14-13(17)15(21)10-5-3-4-6-11(10)16(14)22/h3-6,8H,7H2,1-2H3. The number of thiophene rings is 1. The van der Waals surface area contributed by atoms with Crippen molar-refractivity contribution >= 4 is 48.9 Å². The Morgan fingerprint density at radius 2 is 1.52 bits per heavy atom. The Morgan fingerprint density at radius 1 is 0.960 bits per heavy atom. The summed E-state index contributed by atoms with van der Waals surface area (Å²) in [5, 5.41) is 3.42. The first-order valence-electron chi connectivity index (χ1n) is 7.56. The molecular formula is C19H13BrO4S. The number of hydrogen-bond donors (Lipinski definition) is 0. The first kappa shape index (κ1) is 16.3. The Kier molecular flexibility index (Phi) is 3.89. The number of rotatable bonds is 3. The lowest BCUT2D eigenvalue weighted by atomic mass is 9.82. The van der Waals surface area contributed by atoms with Crippen LogP contribution in [0, 0.1) is 0 Å². The molecule has 6 heteroatoms. The van der Waals surface area contributed by atoms with Crippen LogP contribution < -0.4 is 9.47 Å². The van der Waals surface area contributed by atoms with E-state index in [9.17, 15) is 9.59 Å². The lowest BCUT2D eigenvalue weighted by molar-refractivity contribution is 0.0974. The van der Waals surface area contributed by atoms with Crippen molar-refractivity contribution in [1.29, 1.82) is 0 Å². The normalized spacial score (nSPS) is 12.9. The van der Waals surface area contributed by atoms with E-state index in [1.807, 2.05) is 5.38 Å². The second-order valence-electron chi connectivity index (χ2n) is 5.62. The molecule has 0 bridgehead atoms. The van der Waals surface area contributed by atoms with Crippen molar-refractivity contribution in [1.82, 2.24) is 0 Å². The second-order valence-corrected chi connectivity index (χ2v) is 7.06. The van der Waals surface area contributed by atoms with Crippen LogP contribution in [0.25, 0.3) is 10.1 Å². The minimum Gasteiger partial charge on any atom is -0.495 e. The molecule has 1 aliphatic rings. The van der Waals surface area contributed by atoms with Crippen LogP contribution in [0.15, 0.2) is 29.6 Å². The Bertz CT molecular complexity index is 1050. The molecule has 0 N–H and O–H groups in total. The minimum absolute atomic E-state index is 0.212. The van der Waals surface area contributed by atoms with Crippen LogP contribution in [0.3, 0.4) is 0 Å². The third-order valence-electron chi connectivity index (χ3n) is 4.43. The van der Waals surface area contributed by atoms with Gasteiger partial charge in [0.15, 0.2) is 11.6 Å². The van der Waals surface area contributed by atoms with Gasteiger partial charge < -0.3 is 9.47 Å². The fourth-order valence-corrected chi connectivity index (χ4v) is 5.11. The third-order valence-corrected chi connectivity index (χ3v) is 6.06. The lowest BCUT2D eigenvalue weighted by Crippen LogP contribution is -2.22. The number of methoxy groups -OCH3 is 2. The number of benzene rings is 2. The number of hydrogen-bond acceptors (Lipinski definition) is 5. The molecule has 4 rings (SSSR count). The first-order chi connectivity index (χ1) is 12.1. The summed E-state index contributed by atoms with van der Waals surface area (Å²) in [6, 6.07) is 6.86. The van der Waals surface area contributed by atoms with Crippen LogP contribution in [0.4, 0.5) is 0 Å². The zero-order chi connectivity index (χ0) is 17.7. The highest BCUT2D eigenvalue weighted by Crippen LogP contribution is 2.49. The van der Waals surface area contributed by atoms with Crippen LogP contribution in [-0.2, 0) is 5.33 Å². The van der Waals surface area contributed by atoms with Gasteiger partial charge in [-0.3, -0.25) is 9.59 Å². The van der Waals surface area contributed by atoms with Gasteiger partial charge in [0, 0.05) is 21.8 Å². The Balaban J connectivity index is 2.20. The van der Waals surface area contributed by atoms with E-state index in [0.29, 0.717) is 33.5 Å². The summed E-state index contributed by atoms with van der Waals surface area (Å²) in [4.78, 5) is 26.3. The van der Waals surface area contributed by atoms with Gasteiger partial charge in [-0.2, -0.15) is 0 Å². The third kappa shape index (κ3) is 2.10. The molecule has 1 heterocycles. The summed E-state index contributed by atoms with van der Waals surface area (Å²) in [6.45, 7) is 0. The number of alkyl halides is 1. The van der Waals surface area contributed by atoms with Crippen molar-refractivity contribution in [3.8, 4) is 11.5 Å². The number of halogens is 1. The van der Waals surface area contributed by atoms with Gasteiger partial charge in [0.25, 0.3) is 0 Å². The molecule has 0 saturated heterocycles. The van der Waals surface area contributed by atoms with Gasteiger partial charge >= 0.3 is 0 Å². The highest BCUT2D eigenvalue weighted by Gasteiger charge is 2.37. The van der Waals surface area contributed by atoms with E-state index in [1.165, 1.54) is 25.6 Å². The van der Waals surface area contributed by atoms with Crippen LogP contribution in [0.2, 0.25) is 0 Å². The second kappa shape index (κ2) is 5.97. The summed E-state index contributed by atoms with van der Waals surface area (Å²) in [5.41, 5.74) is 2.37. The molecule has 25 heavy (non-hydrogen) atoms. The lowest BCUT2D eigenvalue weighted by Gasteiger charge is -2.23. The summed E-state index contributed by atoms with van der Waals surface area (Å²) < 4.78 is 12.0. The highest BCUT2D eigenvalue weighted by atomic mass is 79.9. The van der Waals surface area contributed by atoms with Crippen LogP contribution in [-0.4, -0.2) is 25.8 Å². The maximum Gasteiger partial charge on any atom is 0.198 e. The van der Waals surface area contributed by atoms with E-state index in [1.54, 1.807) is 24.3 Å².